The van der Waals surface area contributed by atoms with Crippen LogP contribution in [0.2, 0.25) is 0 Å². The van der Waals surface area contributed by atoms with Gasteiger partial charge in [-0.3, -0.25) is 9.59 Å². The Labute approximate surface area is 161 Å². The first-order valence-corrected chi connectivity index (χ1v) is 9.12. The SMILES string of the molecule is CCN(CC)C(=O)c1ccc(NC(=O)c2ccc(OC)c(I)c2)cc1. The summed E-state index contributed by atoms with van der Waals surface area (Å²) in [7, 11) is 1.60. The number of anilines is 1. The fourth-order valence-electron chi connectivity index (χ4n) is 2.40. The molecule has 0 atom stereocenters. The van der Waals surface area contributed by atoms with Gasteiger partial charge >= 0.3 is 0 Å². The van der Waals surface area contributed by atoms with Crippen molar-refractivity contribution < 1.29 is 14.3 Å². The Kier molecular flexibility index (Phi) is 6.81. The van der Waals surface area contributed by atoms with Crippen molar-refractivity contribution >= 4 is 40.1 Å². The van der Waals surface area contributed by atoms with Gasteiger partial charge < -0.3 is 15.0 Å². The first kappa shape index (κ1) is 19.2. The zero-order chi connectivity index (χ0) is 18.4. The maximum absolute atomic E-state index is 12.4. The molecule has 0 fully saturated rings. The fraction of sp³-hybridized carbons (Fsp3) is 0.263. The lowest BCUT2D eigenvalue weighted by Gasteiger charge is -2.18. The molecule has 0 heterocycles. The smallest absolute Gasteiger partial charge is 0.255 e. The second kappa shape index (κ2) is 8.84. The third-order valence-corrected chi connectivity index (χ3v) is 4.70. The van der Waals surface area contributed by atoms with E-state index in [0.717, 1.165) is 9.32 Å². The predicted octanol–water partition coefficient (Wildman–Crippen LogP) is 4.03. The molecular weight excluding hydrogens is 431 g/mol. The van der Waals surface area contributed by atoms with Crippen LogP contribution in [0.3, 0.4) is 0 Å². The van der Waals surface area contributed by atoms with Crippen LogP contribution in [0, 0.1) is 3.57 Å². The van der Waals surface area contributed by atoms with E-state index < -0.39 is 0 Å². The number of carbonyl (C=O) groups excluding carboxylic acids is 2. The average Bonchev–Trinajstić information content (AvgIpc) is 2.63. The summed E-state index contributed by atoms with van der Waals surface area (Å²) in [5, 5.41) is 2.84. The molecule has 0 aliphatic rings. The van der Waals surface area contributed by atoms with E-state index in [1.165, 1.54) is 0 Å². The molecule has 0 saturated carbocycles. The molecule has 132 valence electrons. The van der Waals surface area contributed by atoms with Gasteiger partial charge in [-0.2, -0.15) is 0 Å². The van der Waals surface area contributed by atoms with Gasteiger partial charge in [0.15, 0.2) is 0 Å². The van der Waals surface area contributed by atoms with Crippen LogP contribution in [0.1, 0.15) is 34.6 Å². The highest BCUT2D eigenvalue weighted by Crippen LogP contribution is 2.22. The van der Waals surface area contributed by atoms with Crippen LogP contribution in [0.25, 0.3) is 0 Å². The molecule has 2 aromatic carbocycles. The highest BCUT2D eigenvalue weighted by molar-refractivity contribution is 14.1. The molecule has 0 aromatic heterocycles. The Morgan fingerprint density at radius 3 is 2.16 bits per heavy atom. The minimum absolute atomic E-state index is 0.00687. The number of amides is 2. The van der Waals surface area contributed by atoms with Gasteiger partial charge in [-0.25, -0.2) is 0 Å². The number of benzene rings is 2. The van der Waals surface area contributed by atoms with Crippen molar-refractivity contribution in [3.05, 3.63) is 57.2 Å². The summed E-state index contributed by atoms with van der Waals surface area (Å²) in [6.07, 6.45) is 0. The molecule has 0 bridgehead atoms. The number of hydrogen-bond acceptors (Lipinski definition) is 3. The van der Waals surface area contributed by atoms with Gasteiger partial charge in [0.05, 0.1) is 10.7 Å². The molecule has 2 rings (SSSR count). The van der Waals surface area contributed by atoms with Gasteiger partial charge in [-0.15, -0.1) is 0 Å². The highest BCUT2D eigenvalue weighted by atomic mass is 127. The van der Waals surface area contributed by atoms with Crippen molar-refractivity contribution in [1.29, 1.82) is 0 Å². The first-order chi connectivity index (χ1) is 12.0. The maximum Gasteiger partial charge on any atom is 0.255 e. The average molecular weight is 452 g/mol. The van der Waals surface area contributed by atoms with E-state index in [4.69, 9.17) is 4.74 Å². The summed E-state index contributed by atoms with van der Waals surface area (Å²) in [4.78, 5) is 26.4. The molecule has 0 spiro atoms. The van der Waals surface area contributed by atoms with Crippen LogP contribution in [0.5, 0.6) is 5.75 Å². The van der Waals surface area contributed by atoms with Crippen molar-refractivity contribution in [1.82, 2.24) is 4.90 Å². The van der Waals surface area contributed by atoms with Gasteiger partial charge in [0.1, 0.15) is 5.75 Å². The zero-order valence-corrected chi connectivity index (χ0v) is 16.7. The van der Waals surface area contributed by atoms with E-state index in [9.17, 15) is 9.59 Å². The molecule has 0 saturated heterocycles. The van der Waals surface area contributed by atoms with Gasteiger partial charge in [0.25, 0.3) is 11.8 Å². The molecule has 0 aliphatic carbocycles. The molecule has 1 N–H and O–H groups in total. The number of nitrogens with zero attached hydrogens (tertiary/aromatic N) is 1. The second-order valence-electron chi connectivity index (χ2n) is 5.36. The first-order valence-electron chi connectivity index (χ1n) is 8.04. The van der Waals surface area contributed by atoms with E-state index in [1.807, 2.05) is 13.8 Å². The van der Waals surface area contributed by atoms with E-state index >= 15 is 0 Å². The number of rotatable bonds is 6. The molecule has 0 radical (unpaired) electrons. The molecule has 0 aliphatic heterocycles. The summed E-state index contributed by atoms with van der Waals surface area (Å²) in [6.45, 7) is 5.24. The summed E-state index contributed by atoms with van der Waals surface area (Å²) < 4.78 is 6.06. The molecule has 6 heteroatoms. The summed E-state index contributed by atoms with van der Waals surface area (Å²) in [6, 6.07) is 12.2. The minimum Gasteiger partial charge on any atom is -0.496 e. The number of hydrogen-bond donors (Lipinski definition) is 1. The monoisotopic (exact) mass is 452 g/mol. The van der Waals surface area contributed by atoms with Crippen LogP contribution in [-0.4, -0.2) is 36.9 Å². The molecule has 2 aromatic rings. The Morgan fingerprint density at radius 1 is 1.04 bits per heavy atom. The van der Waals surface area contributed by atoms with Gasteiger partial charge in [-0.05, 0) is 78.9 Å². The maximum atomic E-state index is 12.4. The van der Waals surface area contributed by atoms with E-state index in [0.29, 0.717) is 29.9 Å². The number of halogens is 1. The molecule has 0 unspecified atom stereocenters. The lowest BCUT2D eigenvalue weighted by atomic mass is 10.1. The molecule has 2 amide bonds. The second-order valence-corrected chi connectivity index (χ2v) is 6.52. The largest absolute Gasteiger partial charge is 0.496 e. The molecular formula is C19H21IN2O3. The quantitative estimate of drug-likeness (QED) is 0.674. The van der Waals surface area contributed by atoms with Crippen molar-refractivity contribution in [2.75, 3.05) is 25.5 Å². The predicted molar refractivity (Wildman–Crippen MR) is 107 cm³/mol. The minimum atomic E-state index is -0.205. The van der Waals surface area contributed by atoms with Crippen LogP contribution in [-0.2, 0) is 0 Å². The Hall–Kier alpha value is -2.09. The number of carbonyl (C=O) groups is 2. The van der Waals surface area contributed by atoms with Crippen LogP contribution >= 0.6 is 22.6 Å². The summed E-state index contributed by atoms with van der Waals surface area (Å²) >= 11 is 2.13. The third-order valence-electron chi connectivity index (χ3n) is 3.85. The van der Waals surface area contributed by atoms with Gasteiger partial charge in [-0.1, -0.05) is 0 Å². The Morgan fingerprint density at radius 2 is 1.64 bits per heavy atom. The van der Waals surface area contributed by atoms with Crippen LogP contribution < -0.4 is 10.1 Å². The Balaban J connectivity index is 2.09. The lowest BCUT2D eigenvalue weighted by Crippen LogP contribution is -2.30. The van der Waals surface area contributed by atoms with Gasteiger partial charge in [0.2, 0.25) is 0 Å². The number of methoxy groups -OCH3 is 1. The van der Waals surface area contributed by atoms with Gasteiger partial charge in [0, 0.05) is 29.9 Å². The summed E-state index contributed by atoms with van der Waals surface area (Å²) in [5.41, 5.74) is 1.81. The normalized spacial score (nSPS) is 10.2. The zero-order valence-electron chi connectivity index (χ0n) is 14.5. The van der Waals surface area contributed by atoms with E-state index in [2.05, 4.69) is 27.9 Å². The third kappa shape index (κ3) is 4.72. The van der Waals surface area contributed by atoms with Crippen molar-refractivity contribution in [3.63, 3.8) is 0 Å². The number of ether oxygens (including phenoxy) is 1. The lowest BCUT2D eigenvalue weighted by molar-refractivity contribution is 0.0773. The van der Waals surface area contributed by atoms with E-state index in [-0.39, 0.29) is 11.8 Å². The topological polar surface area (TPSA) is 58.6 Å². The van der Waals surface area contributed by atoms with Crippen molar-refractivity contribution in [2.24, 2.45) is 0 Å². The van der Waals surface area contributed by atoms with Crippen LogP contribution in [0.4, 0.5) is 5.69 Å². The highest BCUT2D eigenvalue weighted by Gasteiger charge is 2.13. The Bertz CT molecular complexity index is 756. The van der Waals surface area contributed by atoms with Crippen molar-refractivity contribution in [3.8, 4) is 5.75 Å². The van der Waals surface area contributed by atoms with E-state index in [1.54, 1.807) is 54.5 Å². The molecule has 5 nitrogen and oxygen atoms in total. The van der Waals surface area contributed by atoms with Crippen molar-refractivity contribution in [2.45, 2.75) is 13.8 Å². The standard InChI is InChI=1S/C19H21IN2O3/c1-4-22(5-2)19(24)13-6-9-15(10-7-13)21-18(23)14-8-11-17(25-3)16(20)12-14/h6-12H,4-5H2,1-3H3,(H,21,23). The van der Waals surface area contributed by atoms with Crippen LogP contribution in [0.15, 0.2) is 42.5 Å². The summed E-state index contributed by atoms with van der Waals surface area (Å²) in [5.74, 6) is 0.521. The molecule has 25 heavy (non-hydrogen) atoms. The fourth-order valence-corrected chi connectivity index (χ4v) is 3.14. The number of nitrogens with one attached hydrogen (secondary N) is 1.